The van der Waals surface area contributed by atoms with Crippen molar-refractivity contribution in [3.8, 4) is 17.2 Å². The molecule has 1 atom stereocenters. The molecule has 4 nitrogen and oxygen atoms in total. The third kappa shape index (κ3) is 3.80. The quantitative estimate of drug-likeness (QED) is 0.789. The minimum Gasteiger partial charge on any atom is -0.508 e. The molecule has 0 radical (unpaired) electrons. The summed E-state index contributed by atoms with van der Waals surface area (Å²) in [6.45, 7) is 2.46. The number of halogens is 1. The van der Waals surface area contributed by atoms with Crippen molar-refractivity contribution in [2.24, 2.45) is 0 Å². The van der Waals surface area contributed by atoms with Gasteiger partial charge in [0.25, 0.3) is 0 Å². The number of phenols is 2. The topological polar surface area (TPSA) is 61.7 Å². The van der Waals surface area contributed by atoms with Gasteiger partial charge in [-0.3, -0.25) is 0 Å². The maximum absolute atomic E-state index is 9.53. The molecular formula is C16H18ClNO3. The number of hydrogen-bond acceptors (Lipinski definition) is 4. The fourth-order valence-electron chi connectivity index (χ4n) is 2.14. The molecule has 21 heavy (non-hydrogen) atoms. The lowest BCUT2D eigenvalue weighted by molar-refractivity contribution is 0.406. The molecule has 5 heteroatoms. The average molecular weight is 308 g/mol. The summed E-state index contributed by atoms with van der Waals surface area (Å²) in [5.74, 6) is 0.795. The number of benzene rings is 2. The summed E-state index contributed by atoms with van der Waals surface area (Å²) < 4.78 is 5.30. The Hall–Kier alpha value is -1.91. The van der Waals surface area contributed by atoms with Crippen LogP contribution >= 0.6 is 11.6 Å². The van der Waals surface area contributed by atoms with E-state index in [1.54, 1.807) is 19.2 Å². The lowest BCUT2D eigenvalue weighted by Gasteiger charge is -2.17. The molecule has 2 aromatic carbocycles. The number of rotatable bonds is 5. The number of methoxy groups -OCH3 is 1. The van der Waals surface area contributed by atoms with E-state index < -0.39 is 0 Å². The van der Waals surface area contributed by atoms with E-state index >= 15 is 0 Å². The van der Waals surface area contributed by atoms with E-state index in [0.29, 0.717) is 11.6 Å². The van der Waals surface area contributed by atoms with Crippen LogP contribution in [0, 0.1) is 0 Å². The predicted octanol–water partition coefficient (Wildman–Crippen LogP) is 3.61. The zero-order valence-corrected chi connectivity index (χ0v) is 12.7. The summed E-state index contributed by atoms with van der Waals surface area (Å²) >= 11 is 6.19. The molecule has 0 bridgehead atoms. The van der Waals surface area contributed by atoms with Crippen LogP contribution in [0.3, 0.4) is 0 Å². The van der Waals surface area contributed by atoms with Crippen molar-refractivity contribution >= 4 is 11.6 Å². The van der Waals surface area contributed by atoms with Crippen molar-refractivity contribution < 1.29 is 14.9 Å². The van der Waals surface area contributed by atoms with Gasteiger partial charge in [-0.2, -0.15) is 0 Å². The fraction of sp³-hybridized carbons (Fsp3) is 0.250. The third-order valence-corrected chi connectivity index (χ3v) is 3.66. The van der Waals surface area contributed by atoms with Gasteiger partial charge in [-0.1, -0.05) is 17.7 Å². The highest BCUT2D eigenvalue weighted by Gasteiger charge is 2.11. The van der Waals surface area contributed by atoms with Gasteiger partial charge in [0.2, 0.25) is 0 Å². The van der Waals surface area contributed by atoms with Gasteiger partial charge in [0.1, 0.15) is 17.2 Å². The van der Waals surface area contributed by atoms with E-state index in [-0.39, 0.29) is 17.5 Å². The number of ether oxygens (including phenoxy) is 1. The molecule has 0 heterocycles. The summed E-state index contributed by atoms with van der Waals surface area (Å²) in [6, 6.07) is 9.96. The molecule has 0 aliphatic rings. The van der Waals surface area contributed by atoms with E-state index in [1.807, 2.05) is 25.1 Å². The first-order valence-electron chi connectivity index (χ1n) is 6.59. The average Bonchev–Trinajstić information content (AvgIpc) is 2.44. The minimum absolute atomic E-state index is 0.0361. The summed E-state index contributed by atoms with van der Waals surface area (Å²) in [5.41, 5.74) is 1.66. The Bertz CT molecular complexity index is 611. The Morgan fingerprint density at radius 1 is 1.19 bits per heavy atom. The molecule has 2 rings (SSSR count). The van der Waals surface area contributed by atoms with Crippen LogP contribution in [0.25, 0.3) is 0 Å². The van der Waals surface area contributed by atoms with Gasteiger partial charge in [0, 0.05) is 29.2 Å². The first-order valence-corrected chi connectivity index (χ1v) is 6.96. The highest BCUT2D eigenvalue weighted by Crippen LogP contribution is 2.28. The van der Waals surface area contributed by atoms with E-state index in [9.17, 15) is 10.2 Å². The Morgan fingerprint density at radius 2 is 1.86 bits per heavy atom. The van der Waals surface area contributed by atoms with Gasteiger partial charge < -0.3 is 20.3 Å². The monoisotopic (exact) mass is 307 g/mol. The SMILES string of the molecule is COc1cccc(Cl)c1CNC(C)c1cc(O)cc(O)c1. The Labute approximate surface area is 129 Å². The molecule has 0 saturated heterocycles. The summed E-state index contributed by atoms with van der Waals surface area (Å²) in [7, 11) is 1.60. The normalized spacial score (nSPS) is 12.1. The van der Waals surface area contributed by atoms with Gasteiger partial charge in [-0.25, -0.2) is 0 Å². The number of aromatic hydroxyl groups is 2. The van der Waals surface area contributed by atoms with Crippen LogP contribution in [0.5, 0.6) is 17.2 Å². The van der Waals surface area contributed by atoms with Gasteiger partial charge in [0.15, 0.2) is 0 Å². The molecule has 0 aliphatic carbocycles. The smallest absolute Gasteiger partial charge is 0.124 e. The molecular weight excluding hydrogens is 290 g/mol. The molecule has 3 N–H and O–H groups in total. The second kappa shape index (κ2) is 6.70. The van der Waals surface area contributed by atoms with Crippen molar-refractivity contribution in [1.82, 2.24) is 5.32 Å². The molecule has 0 aliphatic heterocycles. The van der Waals surface area contributed by atoms with E-state index in [0.717, 1.165) is 16.9 Å². The molecule has 1 unspecified atom stereocenters. The molecule has 0 amide bonds. The lowest BCUT2D eigenvalue weighted by atomic mass is 10.1. The van der Waals surface area contributed by atoms with Crippen molar-refractivity contribution in [2.75, 3.05) is 7.11 Å². The van der Waals surface area contributed by atoms with E-state index in [2.05, 4.69) is 5.32 Å². The zero-order valence-electron chi connectivity index (χ0n) is 11.9. The van der Waals surface area contributed by atoms with Crippen molar-refractivity contribution in [3.05, 3.63) is 52.5 Å². The zero-order chi connectivity index (χ0) is 15.4. The predicted molar refractivity (Wildman–Crippen MR) is 83.0 cm³/mol. The van der Waals surface area contributed by atoms with Crippen LogP contribution in [0.4, 0.5) is 0 Å². The van der Waals surface area contributed by atoms with E-state index in [4.69, 9.17) is 16.3 Å². The first kappa shape index (κ1) is 15.5. The summed E-state index contributed by atoms with van der Waals surface area (Å²) in [5, 5.41) is 23.0. The van der Waals surface area contributed by atoms with Crippen LogP contribution in [-0.4, -0.2) is 17.3 Å². The maximum Gasteiger partial charge on any atom is 0.124 e. The van der Waals surface area contributed by atoms with E-state index in [1.165, 1.54) is 6.07 Å². The Morgan fingerprint density at radius 3 is 2.48 bits per heavy atom. The van der Waals surface area contributed by atoms with Gasteiger partial charge in [-0.05, 0) is 36.8 Å². The Kier molecular flexibility index (Phi) is 4.94. The van der Waals surface area contributed by atoms with Gasteiger partial charge in [0.05, 0.1) is 7.11 Å². The van der Waals surface area contributed by atoms with Crippen LogP contribution < -0.4 is 10.1 Å². The largest absolute Gasteiger partial charge is 0.508 e. The molecule has 0 spiro atoms. The van der Waals surface area contributed by atoms with Crippen molar-refractivity contribution in [3.63, 3.8) is 0 Å². The first-order chi connectivity index (χ1) is 10.0. The molecule has 112 valence electrons. The third-order valence-electron chi connectivity index (χ3n) is 3.31. The van der Waals surface area contributed by atoms with Crippen LogP contribution in [-0.2, 0) is 6.54 Å². The van der Waals surface area contributed by atoms with Gasteiger partial charge >= 0.3 is 0 Å². The van der Waals surface area contributed by atoms with Crippen molar-refractivity contribution in [2.45, 2.75) is 19.5 Å². The highest BCUT2D eigenvalue weighted by atomic mass is 35.5. The number of nitrogens with one attached hydrogen (secondary N) is 1. The molecule has 0 aromatic heterocycles. The molecule has 2 aromatic rings. The van der Waals surface area contributed by atoms with Crippen LogP contribution in [0.15, 0.2) is 36.4 Å². The number of hydrogen-bond donors (Lipinski definition) is 3. The lowest BCUT2D eigenvalue weighted by Crippen LogP contribution is -2.18. The molecule has 0 saturated carbocycles. The van der Waals surface area contributed by atoms with Crippen LogP contribution in [0.1, 0.15) is 24.1 Å². The number of phenolic OH excluding ortho intramolecular Hbond substituents is 2. The van der Waals surface area contributed by atoms with Gasteiger partial charge in [-0.15, -0.1) is 0 Å². The Balaban J connectivity index is 2.12. The second-order valence-electron chi connectivity index (χ2n) is 4.81. The maximum atomic E-state index is 9.53. The highest BCUT2D eigenvalue weighted by molar-refractivity contribution is 6.31. The van der Waals surface area contributed by atoms with Crippen LogP contribution in [0.2, 0.25) is 5.02 Å². The summed E-state index contributed by atoms with van der Waals surface area (Å²) in [4.78, 5) is 0. The fourth-order valence-corrected chi connectivity index (χ4v) is 2.38. The second-order valence-corrected chi connectivity index (χ2v) is 5.21. The summed E-state index contributed by atoms with van der Waals surface area (Å²) in [6.07, 6.45) is 0. The molecule has 0 fully saturated rings. The van der Waals surface area contributed by atoms with Crippen molar-refractivity contribution in [1.29, 1.82) is 0 Å². The standard InChI is InChI=1S/C16H18ClNO3/c1-10(11-6-12(19)8-13(20)7-11)18-9-14-15(17)4-3-5-16(14)21-2/h3-8,10,18-20H,9H2,1-2H3. The minimum atomic E-state index is -0.0658.